The van der Waals surface area contributed by atoms with Crippen molar-refractivity contribution in [2.45, 2.75) is 57.9 Å². The maximum Gasteiger partial charge on any atom is 0.226 e. The molecule has 2 atom stereocenters. The fraction of sp³-hybridized carbons (Fsp3) is 0.882. The Balaban J connectivity index is 1.51. The van der Waals surface area contributed by atoms with E-state index in [1.165, 1.54) is 0 Å². The van der Waals surface area contributed by atoms with E-state index in [-0.39, 0.29) is 17.9 Å². The van der Waals surface area contributed by atoms with Crippen LogP contribution in [0, 0.1) is 11.3 Å². The SMILES string of the molecule is CCCC(=O)NC1CCCN(C(=O)C2CC23CCNCC3)C1. The lowest BCUT2D eigenvalue weighted by Gasteiger charge is -2.34. The molecule has 2 amide bonds. The number of piperidine rings is 2. The van der Waals surface area contributed by atoms with Crippen LogP contribution in [0.15, 0.2) is 0 Å². The van der Waals surface area contributed by atoms with Crippen LogP contribution in [0.25, 0.3) is 0 Å². The second-order valence-corrected chi connectivity index (χ2v) is 7.31. The maximum absolute atomic E-state index is 12.8. The Morgan fingerprint density at radius 2 is 2.09 bits per heavy atom. The molecule has 2 heterocycles. The molecule has 2 unspecified atom stereocenters. The third kappa shape index (κ3) is 3.29. The smallest absolute Gasteiger partial charge is 0.226 e. The van der Waals surface area contributed by atoms with Crippen LogP contribution >= 0.6 is 0 Å². The standard InChI is InChI=1S/C17H29N3O2/c1-2-4-15(21)19-13-5-3-10-20(12-13)16(22)14-11-17(14)6-8-18-9-7-17/h13-14,18H,2-12H2,1H3,(H,19,21). The number of likely N-dealkylation sites (tertiary alicyclic amines) is 1. The molecule has 1 saturated carbocycles. The van der Waals surface area contributed by atoms with E-state index < -0.39 is 0 Å². The summed E-state index contributed by atoms with van der Waals surface area (Å²) in [4.78, 5) is 26.6. The number of carbonyl (C=O) groups excluding carboxylic acids is 2. The van der Waals surface area contributed by atoms with Crippen molar-refractivity contribution < 1.29 is 9.59 Å². The molecule has 0 aromatic carbocycles. The van der Waals surface area contributed by atoms with Crippen molar-refractivity contribution in [3.8, 4) is 0 Å². The van der Waals surface area contributed by atoms with Crippen LogP contribution in [-0.2, 0) is 9.59 Å². The highest BCUT2D eigenvalue weighted by atomic mass is 16.2. The molecule has 2 aliphatic heterocycles. The Bertz CT molecular complexity index is 432. The molecule has 0 radical (unpaired) electrons. The van der Waals surface area contributed by atoms with Gasteiger partial charge in [-0.2, -0.15) is 0 Å². The minimum absolute atomic E-state index is 0.128. The van der Waals surface area contributed by atoms with Gasteiger partial charge in [-0.25, -0.2) is 0 Å². The predicted molar refractivity (Wildman–Crippen MR) is 85.3 cm³/mol. The van der Waals surface area contributed by atoms with Gasteiger partial charge in [-0.15, -0.1) is 0 Å². The van der Waals surface area contributed by atoms with Crippen LogP contribution in [0.2, 0.25) is 0 Å². The average molecular weight is 307 g/mol. The zero-order valence-electron chi connectivity index (χ0n) is 13.7. The molecule has 22 heavy (non-hydrogen) atoms. The Labute approximate surface area is 133 Å². The largest absolute Gasteiger partial charge is 0.352 e. The first kappa shape index (κ1) is 15.8. The first-order valence-corrected chi connectivity index (χ1v) is 8.93. The van der Waals surface area contributed by atoms with Crippen LogP contribution < -0.4 is 10.6 Å². The Hall–Kier alpha value is -1.10. The minimum Gasteiger partial charge on any atom is -0.352 e. The number of hydrogen-bond donors (Lipinski definition) is 2. The molecule has 2 N–H and O–H groups in total. The summed E-state index contributed by atoms with van der Waals surface area (Å²) in [6, 6.07) is 0.152. The normalized spacial score (nSPS) is 30.1. The number of rotatable bonds is 4. The number of amides is 2. The number of carbonyl (C=O) groups is 2. The summed E-state index contributed by atoms with van der Waals surface area (Å²) in [6.45, 7) is 5.70. The molecule has 0 aromatic rings. The third-order valence-electron chi connectivity index (χ3n) is 5.66. The average Bonchev–Trinajstić information content (AvgIpc) is 3.21. The Morgan fingerprint density at radius 1 is 1.32 bits per heavy atom. The van der Waals surface area contributed by atoms with Crippen molar-refractivity contribution in [2.75, 3.05) is 26.2 Å². The molecule has 3 rings (SSSR count). The molecule has 5 heteroatoms. The lowest BCUT2D eigenvalue weighted by molar-refractivity contribution is -0.136. The van der Waals surface area contributed by atoms with Gasteiger partial charge in [0.25, 0.3) is 0 Å². The van der Waals surface area contributed by atoms with Gasteiger partial charge in [0.2, 0.25) is 11.8 Å². The molecule has 3 aliphatic rings. The lowest BCUT2D eigenvalue weighted by atomic mass is 9.91. The van der Waals surface area contributed by atoms with Crippen LogP contribution in [0.1, 0.15) is 51.9 Å². The zero-order valence-corrected chi connectivity index (χ0v) is 13.7. The highest BCUT2D eigenvalue weighted by molar-refractivity contribution is 5.83. The fourth-order valence-electron chi connectivity index (χ4n) is 4.22. The molecular formula is C17H29N3O2. The van der Waals surface area contributed by atoms with E-state index >= 15 is 0 Å². The van der Waals surface area contributed by atoms with E-state index in [4.69, 9.17) is 0 Å². The highest BCUT2D eigenvalue weighted by Gasteiger charge is 2.58. The summed E-state index contributed by atoms with van der Waals surface area (Å²) < 4.78 is 0. The molecule has 124 valence electrons. The molecule has 3 fully saturated rings. The summed E-state index contributed by atoms with van der Waals surface area (Å²) >= 11 is 0. The second kappa shape index (κ2) is 6.57. The zero-order chi connectivity index (χ0) is 15.6. The molecular weight excluding hydrogens is 278 g/mol. The van der Waals surface area contributed by atoms with Gasteiger partial charge in [-0.3, -0.25) is 9.59 Å². The maximum atomic E-state index is 12.8. The van der Waals surface area contributed by atoms with E-state index in [0.717, 1.165) is 58.2 Å². The van der Waals surface area contributed by atoms with Gasteiger partial charge >= 0.3 is 0 Å². The van der Waals surface area contributed by atoms with Gasteiger partial charge in [0.15, 0.2) is 0 Å². The number of nitrogens with zero attached hydrogens (tertiary/aromatic N) is 1. The van der Waals surface area contributed by atoms with E-state index in [1.54, 1.807) is 0 Å². The van der Waals surface area contributed by atoms with Crippen molar-refractivity contribution in [2.24, 2.45) is 11.3 Å². The minimum atomic E-state index is 0.128. The van der Waals surface area contributed by atoms with Crippen molar-refractivity contribution in [1.29, 1.82) is 0 Å². The molecule has 5 nitrogen and oxygen atoms in total. The van der Waals surface area contributed by atoms with Crippen LogP contribution in [0.4, 0.5) is 0 Å². The summed E-state index contributed by atoms with van der Waals surface area (Å²) in [5.41, 5.74) is 0.306. The molecule has 1 aliphatic carbocycles. The number of hydrogen-bond acceptors (Lipinski definition) is 3. The van der Waals surface area contributed by atoms with Gasteiger partial charge in [-0.05, 0) is 57.0 Å². The summed E-state index contributed by atoms with van der Waals surface area (Å²) in [5.74, 6) is 0.721. The topological polar surface area (TPSA) is 61.4 Å². The van der Waals surface area contributed by atoms with E-state index in [0.29, 0.717) is 24.3 Å². The first-order valence-electron chi connectivity index (χ1n) is 8.93. The van der Waals surface area contributed by atoms with Gasteiger partial charge in [0, 0.05) is 31.5 Å². The molecule has 0 bridgehead atoms. The lowest BCUT2D eigenvalue weighted by Crippen LogP contribution is -2.50. The van der Waals surface area contributed by atoms with Crippen molar-refractivity contribution in [3.63, 3.8) is 0 Å². The van der Waals surface area contributed by atoms with Gasteiger partial charge < -0.3 is 15.5 Å². The third-order valence-corrected chi connectivity index (χ3v) is 5.66. The summed E-state index contributed by atoms with van der Waals surface area (Å²) in [7, 11) is 0. The summed E-state index contributed by atoms with van der Waals surface area (Å²) in [5, 5.41) is 6.48. The van der Waals surface area contributed by atoms with Gasteiger partial charge in [-0.1, -0.05) is 6.92 Å². The predicted octanol–water partition coefficient (Wildman–Crippen LogP) is 1.28. The van der Waals surface area contributed by atoms with E-state index in [9.17, 15) is 9.59 Å². The van der Waals surface area contributed by atoms with Gasteiger partial charge in [0.1, 0.15) is 0 Å². The van der Waals surface area contributed by atoms with Crippen LogP contribution in [0.3, 0.4) is 0 Å². The monoisotopic (exact) mass is 307 g/mol. The highest BCUT2D eigenvalue weighted by Crippen LogP contribution is 2.59. The van der Waals surface area contributed by atoms with Crippen molar-refractivity contribution in [3.05, 3.63) is 0 Å². The molecule has 1 spiro atoms. The fourth-order valence-corrected chi connectivity index (χ4v) is 4.22. The first-order chi connectivity index (χ1) is 10.6. The van der Waals surface area contributed by atoms with E-state index in [1.807, 2.05) is 11.8 Å². The van der Waals surface area contributed by atoms with Crippen molar-refractivity contribution >= 4 is 11.8 Å². The Morgan fingerprint density at radius 3 is 2.82 bits per heavy atom. The van der Waals surface area contributed by atoms with E-state index in [2.05, 4.69) is 10.6 Å². The molecule has 2 saturated heterocycles. The van der Waals surface area contributed by atoms with Crippen LogP contribution in [0.5, 0.6) is 0 Å². The van der Waals surface area contributed by atoms with Gasteiger partial charge in [0.05, 0.1) is 0 Å². The quantitative estimate of drug-likeness (QED) is 0.822. The van der Waals surface area contributed by atoms with Crippen molar-refractivity contribution in [1.82, 2.24) is 15.5 Å². The summed E-state index contributed by atoms with van der Waals surface area (Å²) in [6.07, 6.45) is 6.84. The van der Waals surface area contributed by atoms with Crippen LogP contribution in [-0.4, -0.2) is 48.9 Å². The Kier molecular flexibility index (Phi) is 4.71. The second-order valence-electron chi connectivity index (χ2n) is 7.31. The molecule has 0 aromatic heterocycles. The number of nitrogens with one attached hydrogen (secondary N) is 2.